The molecule has 2 N–H and O–H groups in total. The van der Waals surface area contributed by atoms with Gasteiger partial charge in [-0.2, -0.15) is 0 Å². The van der Waals surface area contributed by atoms with E-state index in [2.05, 4.69) is 19.9 Å². The standard InChI is InChI=1S/C23H23N5O3S2.2H2/c1-16(28-12-10-17-4-2-3-5-21(17)28)22(29)25-18-14-27(15-18)19-6-8-20(9-7-19)33(30,31)26-23-24-11-13-32-23;;/h2-13,16,18H,14-15H2,1H3,(H,24,26)(H,25,29);2*1H/t16-;;/m0../s1. The van der Waals surface area contributed by atoms with Gasteiger partial charge in [-0.3, -0.25) is 9.52 Å². The summed E-state index contributed by atoms with van der Waals surface area (Å²) in [6.07, 6.45) is 3.49. The molecular formula is C23H27N5O3S2. The maximum absolute atomic E-state index is 12.8. The van der Waals surface area contributed by atoms with Crippen molar-refractivity contribution in [3.8, 4) is 0 Å². The Morgan fingerprint density at radius 2 is 1.91 bits per heavy atom. The van der Waals surface area contributed by atoms with Crippen molar-refractivity contribution in [1.29, 1.82) is 0 Å². The number of aromatic nitrogens is 2. The molecule has 0 unspecified atom stereocenters. The highest BCUT2D eigenvalue weighted by Gasteiger charge is 2.30. The van der Waals surface area contributed by atoms with Crippen LogP contribution < -0.4 is 14.9 Å². The summed E-state index contributed by atoms with van der Waals surface area (Å²) >= 11 is 1.23. The molecule has 174 valence electrons. The predicted octanol–water partition coefficient (Wildman–Crippen LogP) is 3.96. The van der Waals surface area contributed by atoms with Crippen LogP contribution in [0.4, 0.5) is 10.8 Å². The van der Waals surface area contributed by atoms with Gasteiger partial charge in [0.05, 0.1) is 10.9 Å². The first-order chi connectivity index (χ1) is 15.9. The number of amides is 1. The van der Waals surface area contributed by atoms with Crippen LogP contribution in [0.15, 0.2) is 77.3 Å². The third kappa shape index (κ3) is 4.31. The SMILES string of the molecule is C[C@@H](C(=O)NC1CN(c2ccc(S(=O)(=O)Nc3nccs3)cc2)C1)n1ccc2ccccc21.[HH].[HH]. The van der Waals surface area contributed by atoms with E-state index in [1.54, 1.807) is 35.8 Å². The number of sulfonamides is 1. The van der Waals surface area contributed by atoms with E-state index in [-0.39, 0.29) is 25.7 Å². The summed E-state index contributed by atoms with van der Waals surface area (Å²) in [7, 11) is -3.67. The number of hydrogen-bond acceptors (Lipinski definition) is 6. The van der Waals surface area contributed by atoms with Crippen LogP contribution in [0.1, 0.15) is 15.8 Å². The summed E-state index contributed by atoms with van der Waals surface area (Å²) in [5, 5.41) is 6.27. The Labute approximate surface area is 198 Å². The zero-order valence-electron chi connectivity index (χ0n) is 17.9. The number of thiazole rings is 1. The molecule has 2 aromatic carbocycles. The lowest BCUT2D eigenvalue weighted by Gasteiger charge is -2.41. The molecule has 3 heterocycles. The maximum atomic E-state index is 12.8. The molecule has 33 heavy (non-hydrogen) atoms. The molecule has 0 bridgehead atoms. The molecule has 1 saturated heterocycles. The van der Waals surface area contributed by atoms with Crippen LogP contribution in [0, 0.1) is 0 Å². The second-order valence-electron chi connectivity index (χ2n) is 8.00. The summed E-state index contributed by atoms with van der Waals surface area (Å²) in [6, 6.07) is 16.5. The molecule has 5 rings (SSSR count). The van der Waals surface area contributed by atoms with E-state index >= 15 is 0 Å². The van der Waals surface area contributed by atoms with Crippen molar-refractivity contribution in [1.82, 2.24) is 14.9 Å². The van der Waals surface area contributed by atoms with Crippen molar-refractivity contribution in [3.63, 3.8) is 0 Å². The fourth-order valence-electron chi connectivity index (χ4n) is 3.95. The number of nitrogens with zero attached hydrogens (tertiary/aromatic N) is 3. The number of hydrogen-bond donors (Lipinski definition) is 2. The Hall–Kier alpha value is -3.37. The quantitative estimate of drug-likeness (QED) is 0.413. The Morgan fingerprint density at radius 3 is 2.64 bits per heavy atom. The van der Waals surface area contributed by atoms with Gasteiger partial charge >= 0.3 is 0 Å². The van der Waals surface area contributed by atoms with Crippen molar-refractivity contribution in [2.75, 3.05) is 22.7 Å². The first kappa shape index (κ1) is 21.5. The number of carbonyl (C=O) groups excluding carboxylic acids is 1. The number of benzene rings is 2. The van der Waals surface area contributed by atoms with E-state index < -0.39 is 10.0 Å². The predicted molar refractivity (Wildman–Crippen MR) is 134 cm³/mol. The molecule has 10 heteroatoms. The van der Waals surface area contributed by atoms with Crippen molar-refractivity contribution in [3.05, 3.63) is 72.4 Å². The van der Waals surface area contributed by atoms with Crippen molar-refractivity contribution in [2.45, 2.75) is 23.9 Å². The molecule has 2 aromatic heterocycles. The van der Waals surface area contributed by atoms with Gasteiger partial charge < -0.3 is 14.8 Å². The van der Waals surface area contributed by atoms with Crippen LogP contribution in [0.3, 0.4) is 0 Å². The van der Waals surface area contributed by atoms with Crippen LogP contribution >= 0.6 is 11.3 Å². The van der Waals surface area contributed by atoms with Crippen molar-refractivity contribution in [2.24, 2.45) is 0 Å². The Morgan fingerprint density at radius 1 is 1.15 bits per heavy atom. The highest BCUT2D eigenvalue weighted by Crippen LogP contribution is 2.25. The monoisotopic (exact) mass is 485 g/mol. The molecule has 4 aromatic rings. The Bertz CT molecular complexity index is 1390. The molecule has 1 aliphatic heterocycles. The molecule has 1 fully saturated rings. The van der Waals surface area contributed by atoms with Gasteiger partial charge in [0.2, 0.25) is 5.91 Å². The molecule has 1 atom stereocenters. The Balaban J connectivity index is 0.00000171. The highest BCUT2D eigenvalue weighted by molar-refractivity contribution is 7.93. The fourth-order valence-corrected chi connectivity index (χ4v) is 5.74. The van der Waals surface area contributed by atoms with E-state index in [4.69, 9.17) is 0 Å². The van der Waals surface area contributed by atoms with Gasteiger partial charge in [0.1, 0.15) is 6.04 Å². The second kappa shape index (κ2) is 8.53. The lowest BCUT2D eigenvalue weighted by Crippen LogP contribution is -2.60. The molecule has 0 saturated carbocycles. The summed E-state index contributed by atoms with van der Waals surface area (Å²) in [5.74, 6) is -0.0179. The summed E-state index contributed by atoms with van der Waals surface area (Å²) in [6.45, 7) is 3.25. The average Bonchev–Trinajstić information content (AvgIpc) is 3.45. The molecule has 1 amide bonds. The number of rotatable bonds is 7. The fraction of sp³-hybridized carbons (Fsp3) is 0.217. The second-order valence-corrected chi connectivity index (χ2v) is 10.6. The van der Waals surface area contributed by atoms with Gasteiger partial charge in [0, 0.05) is 44.9 Å². The number of carbonyl (C=O) groups is 1. The van der Waals surface area contributed by atoms with Gasteiger partial charge in [-0.05, 0) is 48.7 Å². The van der Waals surface area contributed by atoms with Gasteiger partial charge in [0.15, 0.2) is 5.13 Å². The molecular weight excluding hydrogens is 458 g/mol. The summed E-state index contributed by atoms with van der Waals surface area (Å²) in [4.78, 5) is 19.0. The van der Waals surface area contributed by atoms with E-state index in [9.17, 15) is 13.2 Å². The average molecular weight is 486 g/mol. The van der Waals surface area contributed by atoms with Crippen molar-refractivity contribution < 1.29 is 16.1 Å². The summed E-state index contributed by atoms with van der Waals surface area (Å²) in [5.41, 5.74) is 1.95. The van der Waals surface area contributed by atoms with E-state index in [0.29, 0.717) is 18.2 Å². The van der Waals surface area contributed by atoms with Gasteiger partial charge in [-0.15, -0.1) is 11.3 Å². The van der Waals surface area contributed by atoms with Gasteiger partial charge in [-0.25, -0.2) is 13.4 Å². The first-order valence-electron chi connectivity index (χ1n) is 10.5. The van der Waals surface area contributed by atoms with Crippen LogP contribution in [0.5, 0.6) is 0 Å². The number of para-hydroxylation sites is 1. The maximum Gasteiger partial charge on any atom is 0.263 e. The molecule has 1 aliphatic rings. The van der Waals surface area contributed by atoms with Crippen LogP contribution in [-0.2, 0) is 14.8 Å². The molecule has 8 nitrogen and oxygen atoms in total. The third-order valence-electron chi connectivity index (χ3n) is 5.82. The minimum Gasteiger partial charge on any atom is -0.367 e. The zero-order valence-corrected chi connectivity index (χ0v) is 19.5. The molecule has 0 aliphatic carbocycles. The van der Waals surface area contributed by atoms with E-state index in [0.717, 1.165) is 16.6 Å². The number of nitrogens with one attached hydrogen (secondary N) is 2. The van der Waals surface area contributed by atoms with E-state index in [1.807, 2.05) is 48.0 Å². The van der Waals surface area contributed by atoms with Gasteiger partial charge in [-0.1, -0.05) is 18.2 Å². The minimum atomic E-state index is -3.67. The third-order valence-corrected chi connectivity index (χ3v) is 7.99. The van der Waals surface area contributed by atoms with Crippen LogP contribution in [0.25, 0.3) is 10.9 Å². The molecule has 0 radical (unpaired) electrons. The number of fused-ring (bicyclic) bond motifs is 1. The topological polar surface area (TPSA) is 96.3 Å². The van der Waals surface area contributed by atoms with Crippen molar-refractivity contribution >= 4 is 49.0 Å². The lowest BCUT2D eigenvalue weighted by molar-refractivity contribution is -0.124. The van der Waals surface area contributed by atoms with Gasteiger partial charge in [0.25, 0.3) is 10.0 Å². The highest BCUT2D eigenvalue weighted by atomic mass is 32.2. The molecule has 0 spiro atoms. The van der Waals surface area contributed by atoms with E-state index in [1.165, 1.54) is 11.3 Å². The first-order valence-corrected chi connectivity index (χ1v) is 12.9. The summed E-state index contributed by atoms with van der Waals surface area (Å²) < 4.78 is 29.4. The van der Waals surface area contributed by atoms with Crippen LogP contribution in [-0.4, -0.2) is 43.0 Å². The smallest absolute Gasteiger partial charge is 0.263 e. The number of anilines is 2. The Kier molecular flexibility index (Phi) is 5.55. The minimum absolute atomic E-state index is 0. The zero-order chi connectivity index (χ0) is 23.0. The normalized spacial score (nSPS) is 15.2. The largest absolute Gasteiger partial charge is 0.367 e. The van der Waals surface area contributed by atoms with Crippen LogP contribution in [0.2, 0.25) is 0 Å². The lowest BCUT2D eigenvalue weighted by atomic mass is 10.1.